The van der Waals surface area contributed by atoms with Crippen LogP contribution in [0, 0.1) is 0 Å². The van der Waals surface area contributed by atoms with Crippen molar-refractivity contribution in [2.75, 3.05) is 11.9 Å². The highest BCUT2D eigenvalue weighted by Crippen LogP contribution is 2.40. The van der Waals surface area contributed by atoms with E-state index in [1.807, 2.05) is 0 Å². The molecule has 3 aromatic rings. The Hall–Kier alpha value is -3.28. The van der Waals surface area contributed by atoms with E-state index >= 15 is 0 Å². The zero-order valence-corrected chi connectivity index (χ0v) is 24.1. The molecule has 2 N–H and O–H groups in total. The molecule has 1 saturated heterocycles. The third-order valence-electron chi connectivity index (χ3n) is 5.64. The number of aliphatic carboxylic acids is 1. The molecule has 4 rings (SSSR count). The number of thioether (sulfide) groups is 1. The number of rotatable bonds is 9. The van der Waals surface area contributed by atoms with Crippen LogP contribution in [0.2, 0.25) is 0 Å². The van der Waals surface area contributed by atoms with Gasteiger partial charge in [-0.15, -0.1) is 22.7 Å². The van der Waals surface area contributed by atoms with Crippen molar-refractivity contribution < 1.29 is 45.8 Å². The lowest BCUT2D eigenvalue weighted by atomic mass is 10.0. The highest BCUT2D eigenvalue weighted by Gasteiger charge is 2.37. The van der Waals surface area contributed by atoms with E-state index < -0.39 is 41.3 Å². The van der Waals surface area contributed by atoms with Gasteiger partial charge in [-0.2, -0.15) is 26.3 Å². The molecule has 3 heterocycles. The number of hydrogen-bond acceptors (Lipinski definition) is 8. The fourth-order valence-corrected chi connectivity index (χ4v) is 6.62. The van der Waals surface area contributed by atoms with E-state index in [0.717, 1.165) is 34.4 Å². The number of thiazole rings is 1. The van der Waals surface area contributed by atoms with Crippen LogP contribution in [0.3, 0.4) is 0 Å². The van der Waals surface area contributed by atoms with E-state index in [-0.39, 0.29) is 57.4 Å². The molecular weight excluding hydrogens is 649 g/mol. The Morgan fingerprint density at radius 1 is 0.976 bits per heavy atom. The second kappa shape index (κ2) is 12.5. The first-order valence-corrected chi connectivity index (χ1v) is 14.7. The number of anilines is 1. The number of alkyl halides is 6. The summed E-state index contributed by atoms with van der Waals surface area (Å²) >= 11 is 8.35. The van der Waals surface area contributed by atoms with Crippen molar-refractivity contribution in [3.63, 3.8) is 0 Å². The summed E-state index contributed by atoms with van der Waals surface area (Å²) in [4.78, 5) is 41.9. The second-order valence-corrected chi connectivity index (χ2v) is 12.2. The number of thiophene rings is 1. The van der Waals surface area contributed by atoms with Crippen molar-refractivity contribution in [1.82, 2.24) is 9.88 Å². The molecule has 0 bridgehead atoms. The minimum atomic E-state index is -4.98. The number of amides is 2. The molecule has 1 fully saturated rings. The number of benzene rings is 1. The molecule has 42 heavy (non-hydrogen) atoms. The SMILES string of the molecule is O=C(O)CCc1csc(NC(=O)CCN2C(=O)/C(=C/c3cc(-c4cc(C(F)(F)F)cc(C(F)(F)F)c4)cs3)SC2=S)n1. The van der Waals surface area contributed by atoms with Gasteiger partial charge in [-0.25, -0.2) is 4.98 Å². The van der Waals surface area contributed by atoms with Crippen molar-refractivity contribution in [2.24, 2.45) is 0 Å². The van der Waals surface area contributed by atoms with Crippen LogP contribution in [-0.4, -0.2) is 43.6 Å². The first-order valence-electron chi connectivity index (χ1n) is 11.7. The zero-order chi connectivity index (χ0) is 30.8. The number of aryl methyl sites for hydroxylation is 1. The van der Waals surface area contributed by atoms with Gasteiger partial charge in [0.25, 0.3) is 5.91 Å². The summed E-state index contributed by atoms with van der Waals surface area (Å²) in [6.45, 7) is -0.0504. The van der Waals surface area contributed by atoms with Gasteiger partial charge < -0.3 is 10.4 Å². The van der Waals surface area contributed by atoms with Crippen LogP contribution < -0.4 is 5.32 Å². The number of aromatic nitrogens is 1. The minimum absolute atomic E-state index is 0.0504. The number of carboxylic acid groups (broad SMARTS) is 1. The van der Waals surface area contributed by atoms with Crippen molar-refractivity contribution >= 4 is 80.0 Å². The number of carboxylic acids is 1. The van der Waals surface area contributed by atoms with Gasteiger partial charge in [-0.05, 0) is 46.8 Å². The van der Waals surface area contributed by atoms with Crippen LogP contribution in [0.15, 0.2) is 39.9 Å². The third kappa shape index (κ3) is 7.96. The number of thiocarbonyl (C=S) groups is 1. The van der Waals surface area contributed by atoms with E-state index in [4.69, 9.17) is 17.3 Å². The molecule has 0 saturated carbocycles. The molecule has 0 atom stereocenters. The molecule has 1 aliphatic rings. The molecule has 1 aliphatic heterocycles. The van der Waals surface area contributed by atoms with Crippen molar-refractivity contribution in [1.29, 1.82) is 0 Å². The molecule has 0 spiro atoms. The van der Waals surface area contributed by atoms with Crippen LogP contribution in [0.5, 0.6) is 0 Å². The molecule has 2 aromatic heterocycles. The minimum Gasteiger partial charge on any atom is -0.481 e. The van der Waals surface area contributed by atoms with Gasteiger partial charge >= 0.3 is 18.3 Å². The first kappa shape index (κ1) is 31.7. The molecular formula is C25H17F6N3O4S4. The number of carbonyl (C=O) groups is 3. The summed E-state index contributed by atoms with van der Waals surface area (Å²) in [7, 11) is 0. The number of nitrogens with zero attached hydrogens (tertiary/aromatic N) is 2. The van der Waals surface area contributed by atoms with Gasteiger partial charge in [0.05, 0.1) is 28.1 Å². The molecule has 0 aliphatic carbocycles. The molecule has 17 heteroatoms. The highest BCUT2D eigenvalue weighted by atomic mass is 32.2. The number of carbonyl (C=O) groups excluding carboxylic acids is 2. The lowest BCUT2D eigenvalue weighted by Crippen LogP contribution is -2.31. The first-order chi connectivity index (χ1) is 19.6. The summed E-state index contributed by atoms with van der Waals surface area (Å²) in [5.74, 6) is -1.92. The smallest absolute Gasteiger partial charge is 0.416 e. The number of nitrogens with one attached hydrogen (secondary N) is 1. The molecule has 0 radical (unpaired) electrons. The summed E-state index contributed by atoms with van der Waals surface area (Å²) < 4.78 is 79.6. The van der Waals surface area contributed by atoms with Crippen LogP contribution in [-0.2, 0) is 33.2 Å². The van der Waals surface area contributed by atoms with E-state index in [2.05, 4.69) is 10.3 Å². The number of halogens is 6. The summed E-state index contributed by atoms with van der Waals surface area (Å²) in [6, 6.07) is 2.69. The van der Waals surface area contributed by atoms with E-state index in [0.29, 0.717) is 22.7 Å². The maximum absolute atomic E-state index is 13.2. The van der Waals surface area contributed by atoms with Gasteiger partial charge in [0, 0.05) is 29.6 Å². The van der Waals surface area contributed by atoms with Gasteiger partial charge in [-0.3, -0.25) is 19.3 Å². The van der Waals surface area contributed by atoms with E-state index in [1.54, 1.807) is 5.38 Å². The van der Waals surface area contributed by atoms with Crippen LogP contribution in [0.25, 0.3) is 17.2 Å². The fourth-order valence-electron chi connectivity index (χ4n) is 3.63. The third-order valence-corrected chi connectivity index (χ3v) is 8.71. The fraction of sp³-hybridized carbons (Fsp3) is 0.240. The van der Waals surface area contributed by atoms with Gasteiger partial charge in [0.1, 0.15) is 4.32 Å². The summed E-state index contributed by atoms with van der Waals surface area (Å²) in [6.07, 6.45) is -8.54. The Kier molecular flexibility index (Phi) is 9.44. The Morgan fingerprint density at radius 2 is 1.64 bits per heavy atom. The Balaban J connectivity index is 1.42. The predicted octanol–water partition coefficient (Wildman–Crippen LogP) is 7.16. The topological polar surface area (TPSA) is 99.6 Å². The van der Waals surface area contributed by atoms with Crippen molar-refractivity contribution in [3.05, 3.63) is 61.6 Å². The van der Waals surface area contributed by atoms with E-state index in [1.165, 1.54) is 22.4 Å². The van der Waals surface area contributed by atoms with Crippen LogP contribution >= 0.6 is 46.7 Å². The van der Waals surface area contributed by atoms with Crippen molar-refractivity contribution in [2.45, 2.75) is 31.6 Å². The number of hydrogen-bond donors (Lipinski definition) is 2. The quantitative estimate of drug-likeness (QED) is 0.142. The largest absolute Gasteiger partial charge is 0.481 e. The summed E-state index contributed by atoms with van der Waals surface area (Å²) in [5, 5.41) is 14.6. The lowest BCUT2D eigenvalue weighted by molar-refractivity contribution is -0.143. The maximum atomic E-state index is 13.2. The van der Waals surface area contributed by atoms with Gasteiger partial charge in [0.2, 0.25) is 5.91 Å². The molecule has 1 aromatic carbocycles. The average Bonchev–Trinajstić information content (AvgIpc) is 3.61. The van der Waals surface area contributed by atoms with Crippen molar-refractivity contribution in [3.8, 4) is 11.1 Å². The van der Waals surface area contributed by atoms with Crippen LogP contribution in [0.1, 0.15) is 34.5 Å². The monoisotopic (exact) mass is 665 g/mol. The Bertz CT molecular complexity index is 1550. The molecule has 7 nitrogen and oxygen atoms in total. The Labute approximate surface area is 251 Å². The van der Waals surface area contributed by atoms with Gasteiger partial charge in [0.15, 0.2) is 5.13 Å². The maximum Gasteiger partial charge on any atom is 0.416 e. The lowest BCUT2D eigenvalue weighted by Gasteiger charge is -2.13. The standard InChI is InChI=1S/C25H17F6N3O4S4/c26-24(27,28)14-5-12(6-15(8-14)25(29,30)31)13-7-17(40-10-13)9-18-21(38)34(23(39)42-18)4-3-19(35)33-22-32-16(11-41-22)1-2-20(36)37/h5-11H,1-4H2,(H,36,37)(H,32,33,35)/b18-9-. The zero-order valence-electron chi connectivity index (χ0n) is 20.8. The molecule has 222 valence electrons. The molecule has 0 unspecified atom stereocenters. The van der Waals surface area contributed by atoms with Gasteiger partial charge in [-0.1, -0.05) is 24.0 Å². The predicted molar refractivity (Wildman–Crippen MR) is 151 cm³/mol. The molecule has 2 amide bonds. The normalized spacial score (nSPS) is 15.1. The summed E-state index contributed by atoms with van der Waals surface area (Å²) in [5.41, 5.74) is -2.51. The van der Waals surface area contributed by atoms with Crippen LogP contribution in [0.4, 0.5) is 31.5 Å². The second-order valence-electron chi connectivity index (χ2n) is 8.70. The van der Waals surface area contributed by atoms with E-state index in [9.17, 15) is 40.7 Å². The highest BCUT2D eigenvalue weighted by molar-refractivity contribution is 8.26. The Morgan fingerprint density at radius 3 is 2.26 bits per heavy atom. The average molecular weight is 666 g/mol.